The second kappa shape index (κ2) is 3.20. The molecule has 0 fully saturated rings. The van der Waals surface area contributed by atoms with Gasteiger partial charge < -0.3 is 4.74 Å². The molecule has 0 amide bonds. The third-order valence-electron chi connectivity index (χ3n) is 1.73. The van der Waals surface area contributed by atoms with Crippen LogP contribution in [0.3, 0.4) is 0 Å². The number of hydrogen-bond acceptors (Lipinski definition) is 2. The zero-order chi connectivity index (χ0) is 9.42. The van der Waals surface area contributed by atoms with Crippen LogP contribution in [0, 0.1) is 0 Å². The van der Waals surface area contributed by atoms with E-state index in [1.54, 1.807) is 30.1 Å². The lowest BCUT2D eigenvalue weighted by Crippen LogP contribution is -1.90. The molecule has 2 aromatic heterocycles. The Hall–Kier alpha value is -0.740. The van der Waals surface area contributed by atoms with Crippen LogP contribution in [0.2, 0.25) is 5.02 Å². The standard InChI is InChI=1S/C8H6BrClN2O/c1-13-5-2-7(10)8-6(9)3-11-12(8)4-5/h2-4H,1H3. The summed E-state index contributed by atoms with van der Waals surface area (Å²) in [5.41, 5.74) is 0.850. The predicted octanol–water partition coefficient (Wildman–Crippen LogP) is 2.76. The van der Waals surface area contributed by atoms with Gasteiger partial charge in [0.05, 0.1) is 34.5 Å². The fourth-order valence-electron chi connectivity index (χ4n) is 1.13. The minimum Gasteiger partial charge on any atom is -0.495 e. The highest BCUT2D eigenvalue weighted by Crippen LogP contribution is 2.28. The molecule has 0 saturated heterocycles. The molecule has 13 heavy (non-hydrogen) atoms. The van der Waals surface area contributed by atoms with Crippen LogP contribution < -0.4 is 4.74 Å². The topological polar surface area (TPSA) is 26.5 Å². The molecule has 68 valence electrons. The maximum Gasteiger partial charge on any atom is 0.138 e. The predicted molar refractivity (Wildman–Crippen MR) is 54.5 cm³/mol. The van der Waals surface area contributed by atoms with E-state index in [2.05, 4.69) is 21.0 Å². The van der Waals surface area contributed by atoms with Gasteiger partial charge in [-0.1, -0.05) is 11.6 Å². The molecule has 0 spiro atoms. The average Bonchev–Trinajstić information content (AvgIpc) is 2.48. The molecule has 2 heterocycles. The first-order valence-corrected chi connectivity index (χ1v) is 4.76. The van der Waals surface area contributed by atoms with Crippen molar-refractivity contribution >= 4 is 33.0 Å². The van der Waals surface area contributed by atoms with Gasteiger partial charge in [0, 0.05) is 6.07 Å². The van der Waals surface area contributed by atoms with Crippen LogP contribution in [0.25, 0.3) is 5.52 Å². The van der Waals surface area contributed by atoms with Gasteiger partial charge in [-0.05, 0) is 15.9 Å². The van der Waals surface area contributed by atoms with Crippen molar-refractivity contribution in [2.24, 2.45) is 0 Å². The van der Waals surface area contributed by atoms with Crippen LogP contribution in [0.5, 0.6) is 5.75 Å². The van der Waals surface area contributed by atoms with E-state index >= 15 is 0 Å². The first-order valence-electron chi connectivity index (χ1n) is 3.59. The Balaban J connectivity index is 2.79. The number of aromatic nitrogens is 2. The van der Waals surface area contributed by atoms with Crippen molar-refractivity contribution in [2.45, 2.75) is 0 Å². The molecule has 0 radical (unpaired) electrons. The molecule has 0 aromatic carbocycles. The number of ether oxygens (including phenoxy) is 1. The maximum absolute atomic E-state index is 6.02. The van der Waals surface area contributed by atoms with E-state index in [4.69, 9.17) is 16.3 Å². The number of pyridine rings is 1. The Morgan fingerprint density at radius 2 is 2.38 bits per heavy atom. The van der Waals surface area contributed by atoms with Gasteiger partial charge in [-0.15, -0.1) is 0 Å². The number of methoxy groups -OCH3 is 1. The summed E-state index contributed by atoms with van der Waals surface area (Å²) in [7, 11) is 1.59. The Morgan fingerprint density at radius 1 is 1.62 bits per heavy atom. The van der Waals surface area contributed by atoms with Crippen LogP contribution in [-0.2, 0) is 0 Å². The summed E-state index contributed by atoms with van der Waals surface area (Å²) in [5, 5.41) is 4.71. The summed E-state index contributed by atoms with van der Waals surface area (Å²) in [4.78, 5) is 0. The fraction of sp³-hybridized carbons (Fsp3) is 0.125. The van der Waals surface area contributed by atoms with Crippen LogP contribution in [-0.4, -0.2) is 16.7 Å². The normalized spacial score (nSPS) is 10.7. The molecule has 0 saturated carbocycles. The average molecular weight is 262 g/mol. The Bertz CT molecular complexity index is 455. The monoisotopic (exact) mass is 260 g/mol. The van der Waals surface area contributed by atoms with Gasteiger partial charge in [0.1, 0.15) is 5.75 Å². The highest BCUT2D eigenvalue weighted by atomic mass is 79.9. The highest BCUT2D eigenvalue weighted by Gasteiger charge is 2.07. The van der Waals surface area contributed by atoms with Gasteiger partial charge in [-0.2, -0.15) is 5.10 Å². The van der Waals surface area contributed by atoms with Crippen molar-refractivity contribution < 1.29 is 4.74 Å². The van der Waals surface area contributed by atoms with Gasteiger partial charge in [0.25, 0.3) is 0 Å². The minimum absolute atomic E-state index is 0.615. The highest BCUT2D eigenvalue weighted by molar-refractivity contribution is 9.10. The molecule has 0 aliphatic heterocycles. The minimum atomic E-state index is 0.615. The lowest BCUT2D eigenvalue weighted by atomic mass is 10.4. The second-order valence-corrected chi connectivity index (χ2v) is 3.78. The van der Waals surface area contributed by atoms with Crippen LogP contribution >= 0.6 is 27.5 Å². The molecular formula is C8H6BrClN2O. The van der Waals surface area contributed by atoms with E-state index in [0.29, 0.717) is 10.8 Å². The van der Waals surface area contributed by atoms with E-state index in [1.165, 1.54) is 0 Å². The number of halogens is 2. The summed E-state index contributed by atoms with van der Waals surface area (Å²) in [6.07, 6.45) is 3.46. The van der Waals surface area contributed by atoms with E-state index in [-0.39, 0.29) is 0 Å². The Morgan fingerprint density at radius 3 is 3.08 bits per heavy atom. The largest absolute Gasteiger partial charge is 0.495 e. The SMILES string of the molecule is COc1cc(Cl)c2c(Br)cnn2c1. The lowest BCUT2D eigenvalue weighted by molar-refractivity contribution is 0.411. The molecular weight excluding hydrogens is 255 g/mol. The van der Waals surface area contributed by atoms with Crippen molar-refractivity contribution in [3.8, 4) is 5.75 Å². The zero-order valence-electron chi connectivity index (χ0n) is 6.79. The van der Waals surface area contributed by atoms with Crippen molar-refractivity contribution in [1.82, 2.24) is 9.61 Å². The zero-order valence-corrected chi connectivity index (χ0v) is 9.13. The Labute approximate surface area is 88.4 Å². The first kappa shape index (κ1) is 8.84. The van der Waals surface area contributed by atoms with E-state index in [1.807, 2.05) is 0 Å². The van der Waals surface area contributed by atoms with Gasteiger partial charge in [0.2, 0.25) is 0 Å². The summed E-state index contributed by atoms with van der Waals surface area (Å²) >= 11 is 9.37. The van der Waals surface area contributed by atoms with Crippen LogP contribution in [0.4, 0.5) is 0 Å². The van der Waals surface area contributed by atoms with Gasteiger partial charge in [-0.25, -0.2) is 4.52 Å². The van der Waals surface area contributed by atoms with Crippen molar-refractivity contribution in [1.29, 1.82) is 0 Å². The number of hydrogen-bond donors (Lipinski definition) is 0. The summed E-state index contributed by atoms with van der Waals surface area (Å²) < 4.78 is 7.60. The van der Waals surface area contributed by atoms with Crippen LogP contribution in [0.1, 0.15) is 0 Å². The molecule has 2 aromatic rings. The van der Waals surface area contributed by atoms with Gasteiger partial charge >= 0.3 is 0 Å². The number of fused-ring (bicyclic) bond motifs is 1. The fourth-order valence-corrected chi connectivity index (χ4v) is 2.02. The molecule has 0 unspecified atom stereocenters. The molecule has 0 aliphatic rings. The molecule has 0 atom stereocenters. The van der Waals surface area contributed by atoms with Gasteiger partial charge in [0.15, 0.2) is 0 Å². The molecule has 2 rings (SSSR count). The van der Waals surface area contributed by atoms with E-state index < -0.39 is 0 Å². The third kappa shape index (κ3) is 1.40. The van der Waals surface area contributed by atoms with E-state index in [9.17, 15) is 0 Å². The lowest BCUT2D eigenvalue weighted by Gasteiger charge is -2.02. The molecule has 0 N–H and O–H groups in total. The summed E-state index contributed by atoms with van der Waals surface area (Å²) in [5.74, 6) is 0.688. The molecule has 5 heteroatoms. The smallest absolute Gasteiger partial charge is 0.138 e. The van der Waals surface area contributed by atoms with Crippen molar-refractivity contribution in [3.05, 3.63) is 28.0 Å². The van der Waals surface area contributed by atoms with Crippen molar-refractivity contribution in [3.63, 3.8) is 0 Å². The summed E-state index contributed by atoms with van der Waals surface area (Å²) in [6.45, 7) is 0. The van der Waals surface area contributed by atoms with Gasteiger partial charge in [-0.3, -0.25) is 0 Å². The van der Waals surface area contributed by atoms with Crippen LogP contribution in [0.15, 0.2) is 22.9 Å². The number of nitrogens with zero attached hydrogens (tertiary/aromatic N) is 2. The third-order valence-corrected chi connectivity index (χ3v) is 2.60. The van der Waals surface area contributed by atoms with E-state index in [0.717, 1.165) is 9.99 Å². The molecule has 3 nitrogen and oxygen atoms in total. The summed E-state index contributed by atoms with van der Waals surface area (Å²) in [6, 6.07) is 1.75. The maximum atomic E-state index is 6.02. The number of rotatable bonds is 1. The van der Waals surface area contributed by atoms with Crippen molar-refractivity contribution in [2.75, 3.05) is 7.11 Å². The first-order chi connectivity index (χ1) is 6.22. The molecule has 0 bridgehead atoms. The second-order valence-electron chi connectivity index (χ2n) is 2.51. The Kier molecular flexibility index (Phi) is 2.17. The molecule has 0 aliphatic carbocycles. The quantitative estimate of drug-likeness (QED) is 0.789.